The monoisotopic (exact) mass is 425 g/mol. The Morgan fingerprint density at radius 2 is 1.97 bits per heavy atom. The minimum absolute atomic E-state index is 0.0502. The maximum atomic E-state index is 12.8. The van der Waals surface area contributed by atoms with E-state index in [1.807, 2.05) is 0 Å². The highest BCUT2D eigenvalue weighted by molar-refractivity contribution is 6.30. The quantitative estimate of drug-likeness (QED) is 0.674. The molecule has 0 fully saturated rings. The lowest BCUT2D eigenvalue weighted by molar-refractivity contribution is -0.274. The summed E-state index contributed by atoms with van der Waals surface area (Å²) in [4.78, 5) is 29.3. The molecule has 3 aromatic rings. The van der Waals surface area contributed by atoms with Gasteiger partial charge in [0.2, 0.25) is 5.91 Å². The molecule has 0 bridgehead atoms. The topological polar surface area (TPSA) is 73.2 Å². The van der Waals surface area contributed by atoms with E-state index in [1.165, 1.54) is 12.1 Å². The number of benzene rings is 2. The fourth-order valence-corrected chi connectivity index (χ4v) is 3.00. The van der Waals surface area contributed by atoms with Gasteiger partial charge in [-0.2, -0.15) is 0 Å². The van der Waals surface area contributed by atoms with Crippen LogP contribution in [0, 0.1) is 0 Å². The van der Waals surface area contributed by atoms with Crippen LogP contribution in [0.25, 0.3) is 10.9 Å². The Kier molecular flexibility index (Phi) is 5.78. The number of para-hydroxylation sites is 1. The Hall–Kier alpha value is -3.07. The SMILES string of the molecule is CCc1nc2c(OC(F)(F)F)cccc2c(=O)n1NC(=O)Cc1cccc(Cl)c1. The molecular formula is C19H15ClF3N3O3. The lowest BCUT2D eigenvalue weighted by Crippen LogP contribution is -2.37. The van der Waals surface area contributed by atoms with Gasteiger partial charge in [0.15, 0.2) is 5.75 Å². The minimum atomic E-state index is -4.93. The van der Waals surface area contributed by atoms with Crippen molar-refractivity contribution in [2.45, 2.75) is 26.1 Å². The Morgan fingerprint density at radius 3 is 2.62 bits per heavy atom. The van der Waals surface area contributed by atoms with Crippen molar-refractivity contribution in [1.82, 2.24) is 9.66 Å². The van der Waals surface area contributed by atoms with Gasteiger partial charge < -0.3 is 4.74 Å². The zero-order valence-corrected chi connectivity index (χ0v) is 15.8. The number of rotatable bonds is 5. The van der Waals surface area contributed by atoms with E-state index in [1.54, 1.807) is 31.2 Å². The van der Waals surface area contributed by atoms with E-state index in [4.69, 9.17) is 11.6 Å². The second-order valence-corrected chi connectivity index (χ2v) is 6.50. The largest absolute Gasteiger partial charge is 0.573 e. The minimum Gasteiger partial charge on any atom is -0.403 e. The van der Waals surface area contributed by atoms with Gasteiger partial charge in [0, 0.05) is 11.4 Å². The number of hydrogen-bond donors (Lipinski definition) is 1. The summed E-state index contributed by atoms with van der Waals surface area (Å²) in [5.74, 6) is -1.01. The maximum Gasteiger partial charge on any atom is 0.573 e. The molecule has 0 saturated carbocycles. The second kappa shape index (κ2) is 8.12. The molecule has 1 amide bonds. The number of amides is 1. The lowest BCUT2D eigenvalue weighted by Gasteiger charge is -2.15. The smallest absolute Gasteiger partial charge is 0.403 e. The van der Waals surface area contributed by atoms with E-state index >= 15 is 0 Å². The molecular weight excluding hydrogens is 411 g/mol. The van der Waals surface area contributed by atoms with Crippen molar-refractivity contribution in [3.8, 4) is 5.75 Å². The highest BCUT2D eigenvalue weighted by Gasteiger charge is 2.32. The summed E-state index contributed by atoms with van der Waals surface area (Å²) in [5.41, 5.74) is 2.15. The number of hydrogen-bond acceptors (Lipinski definition) is 4. The molecule has 0 aliphatic heterocycles. The summed E-state index contributed by atoms with van der Waals surface area (Å²) in [5, 5.41) is 0.346. The Balaban J connectivity index is 1.99. The van der Waals surface area contributed by atoms with Gasteiger partial charge >= 0.3 is 6.36 Å². The number of carbonyl (C=O) groups excluding carboxylic acids is 1. The fourth-order valence-electron chi connectivity index (χ4n) is 2.78. The third kappa shape index (κ3) is 4.86. The number of aryl methyl sites for hydroxylation is 1. The van der Waals surface area contributed by atoms with Crippen LogP contribution in [0.2, 0.25) is 5.02 Å². The van der Waals surface area contributed by atoms with E-state index in [0.29, 0.717) is 10.6 Å². The number of ether oxygens (including phenoxy) is 1. The van der Waals surface area contributed by atoms with Crippen molar-refractivity contribution in [3.63, 3.8) is 0 Å². The van der Waals surface area contributed by atoms with Gasteiger partial charge in [0.05, 0.1) is 11.8 Å². The molecule has 152 valence electrons. The highest BCUT2D eigenvalue weighted by atomic mass is 35.5. The van der Waals surface area contributed by atoms with Crippen LogP contribution in [0.4, 0.5) is 13.2 Å². The molecule has 0 unspecified atom stereocenters. The van der Waals surface area contributed by atoms with Gasteiger partial charge in [-0.3, -0.25) is 15.0 Å². The molecule has 29 heavy (non-hydrogen) atoms. The predicted molar refractivity (Wildman–Crippen MR) is 102 cm³/mol. The van der Waals surface area contributed by atoms with Crippen molar-refractivity contribution < 1.29 is 22.7 Å². The number of fused-ring (bicyclic) bond motifs is 1. The Morgan fingerprint density at radius 1 is 1.24 bits per heavy atom. The maximum absolute atomic E-state index is 12.8. The van der Waals surface area contributed by atoms with Crippen LogP contribution in [0.3, 0.4) is 0 Å². The molecule has 0 radical (unpaired) electrons. The summed E-state index contributed by atoms with van der Waals surface area (Å²) >= 11 is 5.90. The van der Waals surface area contributed by atoms with Crippen molar-refractivity contribution in [2.24, 2.45) is 0 Å². The first-order valence-electron chi connectivity index (χ1n) is 8.52. The van der Waals surface area contributed by atoms with Crippen LogP contribution in [0.1, 0.15) is 18.3 Å². The highest BCUT2D eigenvalue weighted by Crippen LogP contribution is 2.28. The molecule has 0 aliphatic carbocycles. The number of alkyl halides is 3. The first-order valence-corrected chi connectivity index (χ1v) is 8.90. The van der Waals surface area contributed by atoms with E-state index in [2.05, 4.69) is 15.1 Å². The third-order valence-corrected chi connectivity index (χ3v) is 4.20. The van der Waals surface area contributed by atoms with E-state index in [0.717, 1.165) is 10.7 Å². The molecule has 6 nitrogen and oxygen atoms in total. The normalized spacial score (nSPS) is 11.5. The van der Waals surface area contributed by atoms with Crippen LogP contribution in [0.15, 0.2) is 47.3 Å². The van der Waals surface area contributed by atoms with Crippen LogP contribution in [-0.4, -0.2) is 21.9 Å². The molecule has 2 aromatic carbocycles. The average Bonchev–Trinajstić information content (AvgIpc) is 2.63. The van der Waals surface area contributed by atoms with Gasteiger partial charge in [-0.25, -0.2) is 9.66 Å². The molecule has 0 aliphatic rings. The Bertz CT molecular complexity index is 1130. The fraction of sp³-hybridized carbons (Fsp3) is 0.211. The number of nitrogens with zero attached hydrogens (tertiary/aromatic N) is 2. The van der Waals surface area contributed by atoms with Crippen LogP contribution in [0.5, 0.6) is 5.75 Å². The number of carbonyl (C=O) groups is 1. The van der Waals surface area contributed by atoms with Crippen molar-refractivity contribution in [3.05, 3.63) is 69.2 Å². The standard InChI is InChI=1S/C19H15ClF3N3O3/c1-2-15-24-17-13(7-4-8-14(17)29-19(21,22)23)18(28)26(15)25-16(27)10-11-5-3-6-12(20)9-11/h3-9H,2,10H2,1H3,(H,25,27). The average molecular weight is 426 g/mol. The van der Waals surface area contributed by atoms with Crippen molar-refractivity contribution in [2.75, 3.05) is 5.43 Å². The molecule has 1 N–H and O–H groups in total. The van der Waals surface area contributed by atoms with Gasteiger partial charge in [-0.1, -0.05) is 36.7 Å². The number of aromatic nitrogens is 2. The van der Waals surface area contributed by atoms with Gasteiger partial charge in [0.1, 0.15) is 11.3 Å². The Labute approximate surface area is 167 Å². The summed E-state index contributed by atoms with van der Waals surface area (Å²) in [6.07, 6.45) is -4.79. The summed E-state index contributed by atoms with van der Waals surface area (Å²) in [6.45, 7) is 1.65. The van der Waals surface area contributed by atoms with Crippen LogP contribution in [-0.2, 0) is 17.6 Å². The van der Waals surface area contributed by atoms with E-state index in [-0.39, 0.29) is 29.6 Å². The summed E-state index contributed by atoms with van der Waals surface area (Å²) < 4.78 is 42.8. The van der Waals surface area contributed by atoms with Gasteiger partial charge in [0.25, 0.3) is 5.56 Å². The van der Waals surface area contributed by atoms with Gasteiger partial charge in [-0.05, 0) is 29.8 Å². The van der Waals surface area contributed by atoms with Gasteiger partial charge in [-0.15, -0.1) is 13.2 Å². The molecule has 1 aromatic heterocycles. The van der Waals surface area contributed by atoms with E-state index in [9.17, 15) is 22.8 Å². The molecule has 0 saturated heterocycles. The molecule has 1 heterocycles. The first kappa shape index (κ1) is 20.7. The molecule has 0 atom stereocenters. The van der Waals surface area contributed by atoms with Crippen LogP contribution >= 0.6 is 11.6 Å². The molecule has 0 spiro atoms. The van der Waals surface area contributed by atoms with Crippen molar-refractivity contribution >= 4 is 28.4 Å². The zero-order chi connectivity index (χ0) is 21.2. The number of halogens is 4. The van der Waals surface area contributed by atoms with Crippen molar-refractivity contribution in [1.29, 1.82) is 0 Å². The first-order chi connectivity index (χ1) is 13.7. The second-order valence-electron chi connectivity index (χ2n) is 6.06. The summed E-state index contributed by atoms with van der Waals surface area (Å²) in [7, 11) is 0. The zero-order valence-electron chi connectivity index (χ0n) is 15.1. The number of nitrogens with one attached hydrogen (secondary N) is 1. The summed E-state index contributed by atoms with van der Waals surface area (Å²) in [6, 6.07) is 10.3. The lowest BCUT2D eigenvalue weighted by atomic mass is 10.1. The van der Waals surface area contributed by atoms with E-state index < -0.39 is 23.6 Å². The third-order valence-electron chi connectivity index (χ3n) is 3.96. The molecule has 3 rings (SSSR count). The predicted octanol–water partition coefficient (Wildman–Crippen LogP) is 3.82. The van der Waals surface area contributed by atoms with Crippen LogP contribution < -0.4 is 15.7 Å². The molecule has 10 heteroatoms.